The summed E-state index contributed by atoms with van der Waals surface area (Å²) in [6.45, 7) is 5.60. The van der Waals surface area contributed by atoms with E-state index in [2.05, 4.69) is 29.4 Å². The lowest BCUT2D eigenvalue weighted by Crippen LogP contribution is -2.27. The predicted molar refractivity (Wildman–Crippen MR) is 86.4 cm³/mol. The summed E-state index contributed by atoms with van der Waals surface area (Å²) in [5.74, 6) is 1.65. The minimum Gasteiger partial charge on any atom is -0.495 e. The molecule has 1 aromatic carbocycles. The Hall–Kier alpha value is -2.07. The van der Waals surface area contributed by atoms with Crippen LogP contribution < -0.4 is 14.8 Å². The third kappa shape index (κ3) is 3.07. The van der Waals surface area contributed by atoms with Gasteiger partial charge in [-0.15, -0.1) is 0 Å². The summed E-state index contributed by atoms with van der Waals surface area (Å²) < 4.78 is 11.3. The van der Waals surface area contributed by atoms with Crippen molar-refractivity contribution < 1.29 is 9.47 Å². The van der Waals surface area contributed by atoms with E-state index in [9.17, 15) is 0 Å². The highest BCUT2D eigenvalue weighted by Gasteiger charge is 2.16. The molecule has 116 valence electrons. The predicted octanol–water partition coefficient (Wildman–Crippen LogP) is 3.18. The number of hydrogen-bond acceptors (Lipinski definition) is 4. The molecule has 0 saturated carbocycles. The molecule has 22 heavy (non-hydrogen) atoms. The number of benzene rings is 1. The lowest BCUT2D eigenvalue weighted by Gasteiger charge is -2.24. The number of pyridine rings is 1. The number of nitrogens with zero attached hydrogens (tertiary/aromatic N) is 1. The van der Waals surface area contributed by atoms with E-state index in [4.69, 9.17) is 9.47 Å². The van der Waals surface area contributed by atoms with Gasteiger partial charge in [0.05, 0.1) is 7.11 Å². The van der Waals surface area contributed by atoms with Crippen LogP contribution in [0.3, 0.4) is 0 Å². The third-order valence-electron chi connectivity index (χ3n) is 4.09. The molecule has 0 bridgehead atoms. The highest BCUT2D eigenvalue weighted by atomic mass is 16.5. The Morgan fingerprint density at radius 1 is 1.27 bits per heavy atom. The van der Waals surface area contributed by atoms with Crippen LogP contribution in [0.5, 0.6) is 11.5 Å². The molecule has 3 rings (SSSR count). The minimum atomic E-state index is 0.413. The lowest BCUT2D eigenvalue weighted by molar-refractivity contribution is 0.290. The van der Waals surface area contributed by atoms with Crippen molar-refractivity contribution in [2.75, 3.05) is 13.7 Å². The second kappa shape index (κ2) is 6.36. The van der Waals surface area contributed by atoms with Gasteiger partial charge in [-0.3, -0.25) is 4.98 Å². The maximum atomic E-state index is 5.93. The van der Waals surface area contributed by atoms with Gasteiger partial charge < -0.3 is 14.8 Å². The van der Waals surface area contributed by atoms with Crippen LogP contribution in [0.4, 0.5) is 0 Å². The second-order valence-corrected chi connectivity index (χ2v) is 5.68. The van der Waals surface area contributed by atoms with E-state index in [0.29, 0.717) is 12.6 Å². The van der Waals surface area contributed by atoms with Crippen molar-refractivity contribution in [3.05, 3.63) is 52.8 Å². The van der Waals surface area contributed by atoms with Gasteiger partial charge >= 0.3 is 0 Å². The molecular formula is C18H22N2O2. The molecule has 4 heteroatoms. The zero-order valence-electron chi connectivity index (χ0n) is 13.3. The van der Waals surface area contributed by atoms with Crippen LogP contribution in [0.2, 0.25) is 0 Å². The zero-order chi connectivity index (χ0) is 15.5. The highest BCUT2D eigenvalue weighted by molar-refractivity contribution is 5.39. The SMILES string of the molecule is COc1ccc(C)nc1COc1ccc2c(c1)CCN[C@H]2C. The van der Waals surface area contributed by atoms with Gasteiger partial charge in [-0.25, -0.2) is 0 Å². The topological polar surface area (TPSA) is 43.4 Å². The first-order valence-corrected chi connectivity index (χ1v) is 7.67. The van der Waals surface area contributed by atoms with Crippen molar-refractivity contribution in [1.29, 1.82) is 0 Å². The van der Waals surface area contributed by atoms with Gasteiger partial charge in [0.2, 0.25) is 0 Å². The molecule has 0 fully saturated rings. The van der Waals surface area contributed by atoms with Gasteiger partial charge in [0, 0.05) is 11.7 Å². The van der Waals surface area contributed by atoms with Crippen LogP contribution in [0, 0.1) is 6.92 Å². The molecule has 2 aromatic rings. The standard InChI is InChI=1S/C18H22N2O2/c1-12-4-7-18(21-3)17(20-12)11-22-15-5-6-16-13(2)19-9-8-14(16)10-15/h4-7,10,13,19H,8-9,11H2,1-3H3/t13-/m0/s1. The molecule has 0 aliphatic carbocycles. The number of aryl methyl sites for hydroxylation is 1. The number of nitrogens with one attached hydrogen (secondary N) is 1. The fraction of sp³-hybridized carbons (Fsp3) is 0.389. The summed E-state index contributed by atoms with van der Waals surface area (Å²) in [5.41, 5.74) is 4.53. The number of methoxy groups -OCH3 is 1. The summed E-state index contributed by atoms with van der Waals surface area (Å²) in [5, 5.41) is 3.47. The van der Waals surface area contributed by atoms with Crippen LogP contribution in [0.25, 0.3) is 0 Å². The maximum absolute atomic E-state index is 5.93. The molecule has 0 amide bonds. The second-order valence-electron chi connectivity index (χ2n) is 5.68. The van der Waals surface area contributed by atoms with Crippen molar-refractivity contribution in [2.45, 2.75) is 32.9 Å². The van der Waals surface area contributed by atoms with Crippen molar-refractivity contribution >= 4 is 0 Å². The molecule has 4 nitrogen and oxygen atoms in total. The van der Waals surface area contributed by atoms with Gasteiger partial charge in [0.1, 0.15) is 23.8 Å². The number of hydrogen-bond donors (Lipinski definition) is 1. The average Bonchev–Trinajstić information content (AvgIpc) is 2.53. The van der Waals surface area contributed by atoms with E-state index >= 15 is 0 Å². The first-order chi connectivity index (χ1) is 10.7. The summed E-state index contributed by atoms with van der Waals surface area (Å²) in [6, 6.07) is 10.6. The average molecular weight is 298 g/mol. The number of rotatable bonds is 4. The largest absolute Gasteiger partial charge is 0.495 e. The Balaban J connectivity index is 1.76. The summed E-state index contributed by atoms with van der Waals surface area (Å²) in [4.78, 5) is 4.50. The maximum Gasteiger partial charge on any atom is 0.143 e. The van der Waals surface area contributed by atoms with Crippen molar-refractivity contribution in [3.8, 4) is 11.5 Å². The summed E-state index contributed by atoms with van der Waals surface area (Å²) >= 11 is 0. The molecule has 1 N–H and O–H groups in total. The Morgan fingerprint density at radius 2 is 2.14 bits per heavy atom. The Morgan fingerprint density at radius 3 is 2.95 bits per heavy atom. The highest BCUT2D eigenvalue weighted by Crippen LogP contribution is 2.27. The molecule has 1 atom stereocenters. The minimum absolute atomic E-state index is 0.413. The van der Waals surface area contributed by atoms with Crippen molar-refractivity contribution in [3.63, 3.8) is 0 Å². The smallest absolute Gasteiger partial charge is 0.143 e. The van der Waals surface area contributed by atoms with Crippen LogP contribution in [-0.4, -0.2) is 18.6 Å². The summed E-state index contributed by atoms with van der Waals surface area (Å²) in [6.07, 6.45) is 1.04. The van der Waals surface area contributed by atoms with Crippen molar-refractivity contribution in [1.82, 2.24) is 10.3 Å². The normalized spacial score (nSPS) is 17.0. The molecule has 0 saturated heterocycles. The third-order valence-corrected chi connectivity index (χ3v) is 4.09. The molecule has 2 heterocycles. The van der Waals surface area contributed by atoms with Crippen LogP contribution >= 0.6 is 0 Å². The molecule has 0 spiro atoms. The molecule has 1 aromatic heterocycles. The lowest BCUT2D eigenvalue weighted by atomic mass is 9.95. The molecule has 1 aliphatic heterocycles. The number of fused-ring (bicyclic) bond motifs is 1. The van der Waals surface area contributed by atoms with E-state index in [1.807, 2.05) is 25.1 Å². The van der Waals surface area contributed by atoms with Crippen LogP contribution in [0.15, 0.2) is 30.3 Å². The van der Waals surface area contributed by atoms with E-state index < -0.39 is 0 Å². The first-order valence-electron chi connectivity index (χ1n) is 7.67. The van der Waals surface area contributed by atoms with E-state index in [1.165, 1.54) is 11.1 Å². The van der Waals surface area contributed by atoms with Gasteiger partial charge in [0.15, 0.2) is 0 Å². The van der Waals surface area contributed by atoms with Gasteiger partial charge in [-0.05, 0) is 62.2 Å². The Labute approximate surface area is 131 Å². The Kier molecular flexibility index (Phi) is 4.29. The van der Waals surface area contributed by atoms with E-state index in [1.54, 1.807) is 7.11 Å². The van der Waals surface area contributed by atoms with Crippen LogP contribution in [-0.2, 0) is 13.0 Å². The fourth-order valence-electron chi connectivity index (χ4n) is 2.88. The monoisotopic (exact) mass is 298 g/mol. The number of ether oxygens (including phenoxy) is 2. The molecule has 1 aliphatic rings. The molecule has 0 radical (unpaired) electrons. The fourth-order valence-corrected chi connectivity index (χ4v) is 2.88. The van der Waals surface area contributed by atoms with Gasteiger partial charge in [-0.1, -0.05) is 6.07 Å². The first kappa shape index (κ1) is 14.9. The van der Waals surface area contributed by atoms with Crippen molar-refractivity contribution in [2.24, 2.45) is 0 Å². The molecule has 0 unspecified atom stereocenters. The van der Waals surface area contributed by atoms with Gasteiger partial charge in [0.25, 0.3) is 0 Å². The van der Waals surface area contributed by atoms with Gasteiger partial charge in [-0.2, -0.15) is 0 Å². The summed E-state index contributed by atoms with van der Waals surface area (Å²) in [7, 11) is 1.66. The Bertz CT molecular complexity index is 670. The van der Waals surface area contributed by atoms with E-state index in [0.717, 1.165) is 35.9 Å². The molecular weight excluding hydrogens is 276 g/mol. The van der Waals surface area contributed by atoms with E-state index in [-0.39, 0.29) is 0 Å². The van der Waals surface area contributed by atoms with Crippen LogP contribution in [0.1, 0.15) is 35.5 Å². The zero-order valence-corrected chi connectivity index (χ0v) is 13.3. The quantitative estimate of drug-likeness (QED) is 0.941. The number of aromatic nitrogens is 1.